The lowest BCUT2D eigenvalue weighted by Crippen LogP contribution is -1.78. The van der Waals surface area contributed by atoms with Crippen molar-refractivity contribution < 1.29 is 4.42 Å². The van der Waals surface area contributed by atoms with E-state index in [2.05, 4.69) is 19.1 Å². The van der Waals surface area contributed by atoms with Gasteiger partial charge in [-0.05, 0) is 24.6 Å². The van der Waals surface area contributed by atoms with Crippen LogP contribution in [0.5, 0.6) is 0 Å². The fourth-order valence-electron chi connectivity index (χ4n) is 1.28. The van der Waals surface area contributed by atoms with Crippen LogP contribution in [0.1, 0.15) is 5.56 Å². The molecule has 0 aliphatic rings. The molecule has 1 heterocycles. The Bertz CT molecular complexity index is 360. The quantitative estimate of drug-likeness (QED) is 0.620. The van der Waals surface area contributed by atoms with Crippen LogP contribution < -0.4 is 0 Å². The van der Waals surface area contributed by atoms with Crippen molar-refractivity contribution in [1.82, 2.24) is 0 Å². The van der Waals surface area contributed by atoms with Gasteiger partial charge in [0.15, 0.2) is 0 Å². The second kappa shape index (κ2) is 2.86. The molecule has 0 fully saturated rings. The van der Waals surface area contributed by atoms with Gasteiger partial charge in [-0.15, -0.1) is 0 Å². The van der Waals surface area contributed by atoms with Crippen molar-refractivity contribution in [2.24, 2.45) is 0 Å². The summed E-state index contributed by atoms with van der Waals surface area (Å²) in [7, 11) is 0. The summed E-state index contributed by atoms with van der Waals surface area (Å²) < 4.78 is 5.30. The minimum absolute atomic E-state index is 0.938. The Labute approximate surface area is 71.6 Å². The normalized spacial score (nSPS) is 10.1. The predicted octanol–water partition coefficient (Wildman–Crippen LogP) is 3.26. The molecule has 1 aromatic heterocycles. The third kappa shape index (κ3) is 1.14. The van der Waals surface area contributed by atoms with E-state index in [0.29, 0.717) is 0 Å². The van der Waals surface area contributed by atoms with Gasteiger partial charge in [-0.3, -0.25) is 0 Å². The number of hydrogen-bond acceptors (Lipinski definition) is 1. The highest BCUT2D eigenvalue weighted by Gasteiger charge is 2.01. The predicted molar refractivity (Wildman–Crippen MR) is 48.9 cm³/mol. The molecule has 0 radical (unpaired) electrons. The minimum Gasteiger partial charge on any atom is -0.464 e. The van der Waals surface area contributed by atoms with Crippen LogP contribution in [-0.2, 0) is 0 Å². The Balaban J connectivity index is 2.55. The molecule has 0 N–H and O–H groups in total. The summed E-state index contributed by atoms with van der Waals surface area (Å²) in [4.78, 5) is 0. The summed E-state index contributed by atoms with van der Waals surface area (Å²) in [6.07, 6.45) is 1.70. The van der Waals surface area contributed by atoms with Gasteiger partial charge < -0.3 is 4.42 Å². The highest BCUT2D eigenvalue weighted by molar-refractivity contribution is 5.61. The monoisotopic (exact) mass is 158 g/mol. The summed E-state index contributed by atoms with van der Waals surface area (Å²) in [5, 5.41) is 0. The molecule has 0 aliphatic heterocycles. The lowest BCUT2D eigenvalue weighted by molar-refractivity contribution is 0.582. The van der Waals surface area contributed by atoms with Crippen molar-refractivity contribution in [2.75, 3.05) is 0 Å². The Kier molecular flexibility index (Phi) is 1.71. The molecule has 60 valence electrons. The molecule has 0 amide bonds. The van der Waals surface area contributed by atoms with Crippen molar-refractivity contribution >= 4 is 0 Å². The Hall–Kier alpha value is -1.50. The smallest absolute Gasteiger partial charge is 0.134 e. The average Bonchev–Trinajstić information content (AvgIpc) is 2.57. The number of rotatable bonds is 1. The second-order valence-electron chi connectivity index (χ2n) is 2.79. The Morgan fingerprint density at radius 2 is 1.83 bits per heavy atom. The van der Waals surface area contributed by atoms with Crippen LogP contribution in [0.4, 0.5) is 0 Å². The highest BCUT2D eigenvalue weighted by atomic mass is 16.3. The number of aryl methyl sites for hydroxylation is 1. The van der Waals surface area contributed by atoms with Crippen LogP contribution in [0.2, 0.25) is 0 Å². The van der Waals surface area contributed by atoms with E-state index in [9.17, 15) is 0 Å². The summed E-state index contributed by atoms with van der Waals surface area (Å²) in [5.41, 5.74) is 2.41. The van der Waals surface area contributed by atoms with Gasteiger partial charge >= 0.3 is 0 Å². The Morgan fingerprint density at radius 1 is 1.00 bits per heavy atom. The maximum Gasteiger partial charge on any atom is 0.134 e. The molecule has 1 nitrogen and oxygen atoms in total. The molecule has 0 saturated carbocycles. The van der Waals surface area contributed by atoms with Crippen molar-refractivity contribution in [3.8, 4) is 11.3 Å². The molecule has 12 heavy (non-hydrogen) atoms. The van der Waals surface area contributed by atoms with Gasteiger partial charge in [0.25, 0.3) is 0 Å². The molecule has 0 aliphatic carbocycles. The van der Waals surface area contributed by atoms with Crippen molar-refractivity contribution in [3.63, 3.8) is 0 Å². The second-order valence-corrected chi connectivity index (χ2v) is 2.79. The standard InChI is InChI=1S/C11H10O/c1-9-5-2-3-6-10(9)11-7-4-8-12-11/h2-8H,1H3. The zero-order valence-corrected chi connectivity index (χ0v) is 6.95. The SMILES string of the molecule is Cc1ccccc1-c1ccco1. The summed E-state index contributed by atoms with van der Waals surface area (Å²) in [6, 6.07) is 12.1. The van der Waals surface area contributed by atoms with Gasteiger partial charge in [0.05, 0.1) is 6.26 Å². The third-order valence-corrected chi connectivity index (χ3v) is 1.93. The maximum atomic E-state index is 5.30. The zero-order valence-electron chi connectivity index (χ0n) is 6.95. The number of hydrogen-bond donors (Lipinski definition) is 0. The van der Waals surface area contributed by atoms with E-state index in [1.165, 1.54) is 11.1 Å². The van der Waals surface area contributed by atoms with Crippen LogP contribution in [0.3, 0.4) is 0 Å². The molecule has 2 rings (SSSR count). The third-order valence-electron chi connectivity index (χ3n) is 1.93. The van der Waals surface area contributed by atoms with Crippen LogP contribution in [0.25, 0.3) is 11.3 Å². The number of furan rings is 1. The molecule has 1 aromatic carbocycles. The molecular formula is C11H10O. The zero-order chi connectivity index (χ0) is 8.39. The van der Waals surface area contributed by atoms with E-state index >= 15 is 0 Å². The van der Waals surface area contributed by atoms with Gasteiger partial charge in [0, 0.05) is 5.56 Å². The van der Waals surface area contributed by atoms with E-state index in [1.807, 2.05) is 24.3 Å². The molecule has 0 bridgehead atoms. The molecule has 0 spiro atoms. The fraction of sp³-hybridized carbons (Fsp3) is 0.0909. The van der Waals surface area contributed by atoms with E-state index < -0.39 is 0 Å². The average molecular weight is 158 g/mol. The van der Waals surface area contributed by atoms with Crippen molar-refractivity contribution in [2.45, 2.75) is 6.92 Å². The van der Waals surface area contributed by atoms with E-state index in [-0.39, 0.29) is 0 Å². The largest absolute Gasteiger partial charge is 0.464 e. The maximum absolute atomic E-state index is 5.30. The summed E-state index contributed by atoms with van der Waals surface area (Å²) >= 11 is 0. The minimum atomic E-state index is 0.938. The lowest BCUT2D eigenvalue weighted by atomic mass is 10.1. The highest BCUT2D eigenvalue weighted by Crippen LogP contribution is 2.22. The first-order chi connectivity index (χ1) is 5.88. The van der Waals surface area contributed by atoms with Crippen molar-refractivity contribution in [3.05, 3.63) is 48.2 Å². The van der Waals surface area contributed by atoms with Gasteiger partial charge in [0.2, 0.25) is 0 Å². The van der Waals surface area contributed by atoms with E-state index in [4.69, 9.17) is 4.42 Å². The topological polar surface area (TPSA) is 13.1 Å². The first-order valence-corrected chi connectivity index (χ1v) is 3.97. The van der Waals surface area contributed by atoms with Gasteiger partial charge in [-0.25, -0.2) is 0 Å². The van der Waals surface area contributed by atoms with Crippen molar-refractivity contribution in [1.29, 1.82) is 0 Å². The lowest BCUT2D eigenvalue weighted by Gasteiger charge is -1.99. The molecule has 0 atom stereocenters. The molecule has 1 heteroatoms. The first-order valence-electron chi connectivity index (χ1n) is 3.97. The summed E-state index contributed by atoms with van der Waals surface area (Å²) in [5.74, 6) is 0.938. The van der Waals surface area contributed by atoms with Crippen LogP contribution in [0, 0.1) is 6.92 Å². The van der Waals surface area contributed by atoms with E-state index in [1.54, 1.807) is 6.26 Å². The summed E-state index contributed by atoms with van der Waals surface area (Å²) in [6.45, 7) is 2.08. The van der Waals surface area contributed by atoms with Gasteiger partial charge in [-0.1, -0.05) is 24.3 Å². The molecule has 2 aromatic rings. The van der Waals surface area contributed by atoms with Crippen LogP contribution in [-0.4, -0.2) is 0 Å². The molecule has 0 saturated heterocycles. The first kappa shape index (κ1) is 7.17. The van der Waals surface area contributed by atoms with Crippen LogP contribution in [0.15, 0.2) is 47.1 Å². The molecule has 0 unspecified atom stereocenters. The fourth-order valence-corrected chi connectivity index (χ4v) is 1.28. The van der Waals surface area contributed by atoms with E-state index in [0.717, 1.165) is 5.76 Å². The van der Waals surface area contributed by atoms with Crippen LogP contribution >= 0.6 is 0 Å². The number of benzene rings is 1. The van der Waals surface area contributed by atoms with Gasteiger partial charge in [-0.2, -0.15) is 0 Å². The molecular weight excluding hydrogens is 148 g/mol. The van der Waals surface area contributed by atoms with Gasteiger partial charge in [0.1, 0.15) is 5.76 Å². The Morgan fingerprint density at radius 3 is 2.50 bits per heavy atom.